The fourth-order valence-corrected chi connectivity index (χ4v) is 1.55. The van der Waals surface area contributed by atoms with Crippen LogP contribution >= 0.6 is 0 Å². The first-order chi connectivity index (χ1) is 8.31. The largest absolute Gasteiger partial charge is 0.313 e. The van der Waals surface area contributed by atoms with Crippen molar-refractivity contribution in [3.63, 3.8) is 0 Å². The molecular formula is C12H17N5. The zero-order valence-electron chi connectivity index (χ0n) is 10.2. The van der Waals surface area contributed by atoms with Gasteiger partial charge in [0.15, 0.2) is 0 Å². The maximum Gasteiger partial charge on any atom is 0.250 e. The van der Waals surface area contributed by atoms with Gasteiger partial charge in [-0.05, 0) is 26.0 Å². The minimum Gasteiger partial charge on any atom is -0.313 e. The van der Waals surface area contributed by atoms with Crippen LogP contribution in [0, 0.1) is 6.92 Å². The lowest BCUT2D eigenvalue weighted by molar-refractivity contribution is 0.665. The number of nitrogens with zero attached hydrogens (tertiary/aromatic N) is 4. The minimum atomic E-state index is 0.617. The first-order valence-electron chi connectivity index (χ1n) is 5.84. The third-order valence-corrected chi connectivity index (χ3v) is 2.52. The van der Waals surface area contributed by atoms with Gasteiger partial charge in [0.2, 0.25) is 0 Å². The zero-order chi connectivity index (χ0) is 12.1. The van der Waals surface area contributed by atoms with Crippen LogP contribution in [0.25, 0.3) is 5.95 Å². The Hall–Kier alpha value is -1.75. The van der Waals surface area contributed by atoms with Crippen LogP contribution in [-0.4, -0.2) is 26.3 Å². The second kappa shape index (κ2) is 5.54. The predicted molar refractivity (Wildman–Crippen MR) is 65.9 cm³/mol. The van der Waals surface area contributed by atoms with E-state index >= 15 is 0 Å². The summed E-state index contributed by atoms with van der Waals surface area (Å²) in [4.78, 5) is 8.75. The molecule has 90 valence electrons. The molecule has 0 aromatic carbocycles. The number of nitrogens with one attached hydrogen (secondary N) is 1. The van der Waals surface area contributed by atoms with E-state index in [1.165, 1.54) is 0 Å². The Labute approximate surface area is 101 Å². The van der Waals surface area contributed by atoms with Gasteiger partial charge in [0.05, 0.1) is 0 Å². The molecule has 0 atom stereocenters. The van der Waals surface area contributed by atoms with Crippen molar-refractivity contribution in [3.05, 3.63) is 35.9 Å². The second-order valence-electron chi connectivity index (χ2n) is 3.91. The molecule has 0 radical (unpaired) electrons. The number of aryl methyl sites for hydroxylation is 1. The molecule has 2 heterocycles. The number of rotatable bonds is 5. The third-order valence-electron chi connectivity index (χ3n) is 2.52. The van der Waals surface area contributed by atoms with Gasteiger partial charge >= 0.3 is 0 Å². The van der Waals surface area contributed by atoms with E-state index < -0.39 is 0 Å². The maximum absolute atomic E-state index is 4.44. The molecule has 2 rings (SSSR count). The molecule has 5 heteroatoms. The third kappa shape index (κ3) is 2.88. The SMILES string of the molecule is CCCNCc1cnc(-n2cccn2)nc1C. The number of aromatic nitrogens is 4. The van der Waals surface area contributed by atoms with Crippen LogP contribution in [0.4, 0.5) is 0 Å². The van der Waals surface area contributed by atoms with Gasteiger partial charge in [-0.15, -0.1) is 0 Å². The van der Waals surface area contributed by atoms with Gasteiger partial charge < -0.3 is 5.32 Å². The van der Waals surface area contributed by atoms with E-state index in [0.717, 1.165) is 30.8 Å². The molecule has 0 fully saturated rings. The van der Waals surface area contributed by atoms with Crippen molar-refractivity contribution in [1.82, 2.24) is 25.1 Å². The van der Waals surface area contributed by atoms with Gasteiger partial charge in [0, 0.05) is 36.4 Å². The molecule has 0 aliphatic carbocycles. The highest BCUT2D eigenvalue weighted by atomic mass is 15.3. The van der Waals surface area contributed by atoms with Crippen LogP contribution in [0.2, 0.25) is 0 Å². The molecule has 0 spiro atoms. The van der Waals surface area contributed by atoms with Crippen LogP contribution in [0.1, 0.15) is 24.6 Å². The summed E-state index contributed by atoms with van der Waals surface area (Å²) in [6.45, 7) is 5.98. The van der Waals surface area contributed by atoms with Crippen LogP contribution in [0.5, 0.6) is 0 Å². The molecule has 0 saturated carbocycles. The summed E-state index contributed by atoms with van der Waals surface area (Å²) >= 11 is 0. The van der Waals surface area contributed by atoms with Crippen molar-refractivity contribution in [2.24, 2.45) is 0 Å². The van der Waals surface area contributed by atoms with Gasteiger partial charge in [-0.1, -0.05) is 6.92 Å². The topological polar surface area (TPSA) is 55.6 Å². The summed E-state index contributed by atoms with van der Waals surface area (Å²) in [6, 6.07) is 1.86. The maximum atomic E-state index is 4.44. The minimum absolute atomic E-state index is 0.617. The average Bonchev–Trinajstić information content (AvgIpc) is 2.85. The smallest absolute Gasteiger partial charge is 0.250 e. The number of hydrogen-bond acceptors (Lipinski definition) is 4. The Balaban J connectivity index is 2.12. The van der Waals surface area contributed by atoms with E-state index in [1.54, 1.807) is 10.9 Å². The lowest BCUT2D eigenvalue weighted by Gasteiger charge is -2.07. The summed E-state index contributed by atoms with van der Waals surface area (Å²) in [5, 5.41) is 7.45. The van der Waals surface area contributed by atoms with Crippen molar-refractivity contribution in [2.45, 2.75) is 26.8 Å². The van der Waals surface area contributed by atoms with Gasteiger partial charge in [-0.3, -0.25) is 0 Å². The van der Waals surface area contributed by atoms with Crippen LogP contribution in [0.15, 0.2) is 24.7 Å². The molecule has 0 aliphatic heterocycles. The summed E-state index contributed by atoms with van der Waals surface area (Å²) in [5.41, 5.74) is 2.13. The van der Waals surface area contributed by atoms with Crippen LogP contribution < -0.4 is 5.32 Å². The molecule has 17 heavy (non-hydrogen) atoms. The van der Waals surface area contributed by atoms with Gasteiger partial charge in [0.1, 0.15) is 0 Å². The summed E-state index contributed by atoms with van der Waals surface area (Å²) in [7, 11) is 0. The lowest BCUT2D eigenvalue weighted by atomic mass is 10.2. The van der Waals surface area contributed by atoms with E-state index in [0.29, 0.717) is 5.95 Å². The molecule has 0 aliphatic rings. The quantitative estimate of drug-likeness (QED) is 0.792. The van der Waals surface area contributed by atoms with Gasteiger partial charge in [0.25, 0.3) is 5.95 Å². The molecule has 0 amide bonds. The average molecular weight is 231 g/mol. The predicted octanol–water partition coefficient (Wildman–Crippen LogP) is 1.47. The van der Waals surface area contributed by atoms with E-state index in [2.05, 4.69) is 27.3 Å². The lowest BCUT2D eigenvalue weighted by Crippen LogP contribution is -2.16. The normalized spacial score (nSPS) is 10.7. The Morgan fingerprint density at radius 3 is 2.94 bits per heavy atom. The molecule has 2 aromatic heterocycles. The van der Waals surface area contributed by atoms with Crippen LogP contribution in [0.3, 0.4) is 0 Å². The molecule has 0 unspecified atom stereocenters. The molecule has 0 saturated heterocycles. The summed E-state index contributed by atoms with van der Waals surface area (Å²) in [5.74, 6) is 0.617. The van der Waals surface area contributed by atoms with E-state index in [4.69, 9.17) is 0 Å². The molecule has 0 bridgehead atoms. The zero-order valence-corrected chi connectivity index (χ0v) is 10.2. The van der Waals surface area contributed by atoms with E-state index in [1.807, 2.05) is 25.4 Å². The van der Waals surface area contributed by atoms with Crippen LogP contribution in [-0.2, 0) is 6.54 Å². The Morgan fingerprint density at radius 1 is 1.41 bits per heavy atom. The van der Waals surface area contributed by atoms with Crippen molar-refractivity contribution >= 4 is 0 Å². The first kappa shape index (κ1) is 11.7. The highest BCUT2D eigenvalue weighted by Gasteiger charge is 2.04. The Morgan fingerprint density at radius 2 is 2.29 bits per heavy atom. The van der Waals surface area contributed by atoms with Crippen molar-refractivity contribution < 1.29 is 0 Å². The Kier molecular flexibility index (Phi) is 3.82. The highest BCUT2D eigenvalue weighted by molar-refractivity contribution is 5.21. The molecular weight excluding hydrogens is 214 g/mol. The van der Waals surface area contributed by atoms with E-state index in [9.17, 15) is 0 Å². The fourth-order valence-electron chi connectivity index (χ4n) is 1.55. The standard InChI is InChI=1S/C12H17N5/c1-3-5-13-8-11-9-14-12(16-10(11)2)17-7-4-6-15-17/h4,6-7,9,13H,3,5,8H2,1-2H3. The van der Waals surface area contributed by atoms with Crippen molar-refractivity contribution in [2.75, 3.05) is 6.54 Å². The molecule has 2 aromatic rings. The van der Waals surface area contributed by atoms with Gasteiger partial charge in [-0.2, -0.15) is 5.10 Å². The summed E-state index contributed by atoms with van der Waals surface area (Å²) in [6.07, 6.45) is 6.55. The number of hydrogen-bond donors (Lipinski definition) is 1. The first-order valence-corrected chi connectivity index (χ1v) is 5.84. The Bertz CT molecular complexity index is 464. The van der Waals surface area contributed by atoms with Gasteiger partial charge in [-0.25, -0.2) is 14.6 Å². The fraction of sp³-hybridized carbons (Fsp3) is 0.417. The second-order valence-corrected chi connectivity index (χ2v) is 3.91. The molecule has 5 nitrogen and oxygen atoms in total. The highest BCUT2D eigenvalue weighted by Crippen LogP contribution is 2.06. The van der Waals surface area contributed by atoms with Crippen molar-refractivity contribution in [3.8, 4) is 5.95 Å². The van der Waals surface area contributed by atoms with E-state index in [-0.39, 0.29) is 0 Å². The van der Waals surface area contributed by atoms with Crippen molar-refractivity contribution in [1.29, 1.82) is 0 Å². The molecule has 1 N–H and O–H groups in total. The summed E-state index contributed by atoms with van der Waals surface area (Å²) < 4.78 is 1.66. The monoisotopic (exact) mass is 231 g/mol.